The molecule has 70 valence electrons. The minimum Gasteiger partial charge on any atom is -0.130 e. The largest absolute Gasteiger partial charge is 0.130 e. The number of hydrogen-bond donors (Lipinski definition) is 0. The SMILES string of the molecule is CC1(Cl)C(Cl)SC1c1ccccc1. The second-order valence-corrected chi connectivity index (χ2v) is 6.12. The Hall–Kier alpha value is 0.150. The van der Waals surface area contributed by atoms with Gasteiger partial charge in [0, 0.05) is 0 Å². The van der Waals surface area contributed by atoms with E-state index in [0.717, 1.165) is 0 Å². The van der Waals surface area contributed by atoms with Gasteiger partial charge in [0.05, 0.1) is 14.8 Å². The van der Waals surface area contributed by atoms with Crippen molar-refractivity contribution >= 4 is 35.0 Å². The first-order chi connectivity index (χ1) is 6.12. The Labute approximate surface area is 92.6 Å². The Bertz CT molecular complexity index is 297. The Morgan fingerprint density at radius 1 is 1.31 bits per heavy atom. The summed E-state index contributed by atoms with van der Waals surface area (Å²) in [5.74, 6) is 0. The molecule has 0 aliphatic carbocycles. The standard InChI is InChI=1S/C10H10Cl2S/c1-10(12)8(13-9(10)11)7-5-3-2-4-6-7/h2-6,8-9H,1H3. The minimum atomic E-state index is -0.298. The average Bonchev–Trinajstić information content (AvgIpc) is 2.15. The second kappa shape index (κ2) is 3.38. The summed E-state index contributed by atoms with van der Waals surface area (Å²) >= 11 is 14.0. The van der Waals surface area contributed by atoms with E-state index < -0.39 is 0 Å². The smallest absolute Gasteiger partial charge is 0.0998 e. The number of alkyl halides is 2. The van der Waals surface area contributed by atoms with Gasteiger partial charge in [0.25, 0.3) is 0 Å². The molecule has 13 heavy (non-hydrogen) atoms. The van der Waals surface area contributed by atoms with Gasteiger partial charge in [-0.25, -0.2) is 0 Å². The summed E-state index contributed by atoms with van der Waals surface area (Å²) in [5, 5.41) is 0.331. The van der Waals surface area contributed by atoms with Crippen molar-refractivity contribution < 1.29 is 0 Å². The normalized spacial score (nSPS) is 38.4. The lowest BCUT2D eigenvalue weighted by Gasteiger charge is -2.46. The molecule has 2 rings (SSSR count). The van der Waals surface area contributed by atoms with Crippen LogP contribution in [0.5, 0.6) is 0 Å². The molecule has 1 fully saturated rings. The van der Waals surface area contributed by atoms with Crippen LogP contribution in [-0.4, -0.2) is 9.58 Å². The van der Waals surface area contributed by atoms with Gasteiger partial charge in [0.2, 0.25) is 0 Å². The van der Waals surface area contributed by atoms with Crippen LogP contribution < -0.4 is 0 Å². The topological polar surface area (TPSA) is 0 Å². The van der Waals surface area contributed by atoms with E-state index in [1.54, 1.807) is 11.8 Å². The lowest BCUT2D eigenvalue weighted by Crippen LogP contribution is -2.43. The van der Waals surface area contributed by atoms with Crippen LogP contribution in [0.3, 0.4) is 0 Å². The van der Waals surface area contributed by atoms with Crippen LogP contribution in [0.15, 0.2) is 30.3 Å². The number of hydrogen-bond acceptors (Lipinski definition) is 1. The molecule has 0 N–H and O–H groups in total. The molecule has 0 aromatic heterocycles. The Kier molecular flexibility index (Phi) is 2.52. The molecule has 0 radical (unpaired) electrons. The summed E-state index contributed by atoms with van der Waals surface area (Å²) in [6, 6.07) is 10.3. The third kappa shape index (κ3) is 1.58. The zero-order valence-corrected chi connectivity index (χ0v) is 9.53. The zero-order valence-electron chi connectivity index (χ0n) is 7.21. The Morgan fingerprint density at radius 3 is 2.38 bits per heavy atom. The fourth-order valence-electron chi connectivity index (χ4n) is 1.46. The van der Waals surface area contributed by atoms with Crippen LogP contribution in [-0.2, 0) is 0 Å². The van der Waals surface area contributed by atoms with Crippen molar-refractivity contribution in [3.63, 3.8) is 0 Å². The molecule has 0 bridgehead atoms. The maximum absolute atomic E-state index is 6.30. The van der Waals surface area contributed by atoms with E-state index in [0.29, 0.717) is 5.25 Å². The molecule has 1 aliphatic rings. The highest BCUT2D eigenvalue weighted by Crippen LogP contribution is 2.60. The number of rotatable bonds is 1. The first-order valence-corrected chi connectivity index (χ1v) is 5.91. The van der Waals surface area contributed by atoms with E-state index in [-0.39, 0.29) is 9.58 Å². The highest BCUT2D eigenvalue weighted by molar-refractivity contribution is 8.03. The summed E-state index contributed by atoms with van der Waals surface area (Å²) in [5.41, 5.74) is 1.27. The van der Waals surface area contributed by atoms with Gasteiger partial charge in [0.15, 0.2) is 0 Å². The van der Waals surface area contributed by atoms with Gasteiger partial charge in [-0.3, -0.25) is 0 Å². The predicted molar refractivity (Wildman–Crippen MR) is 60.7 cm³/mol. The van der Waals surface area contributed by atoms with E-state index in [4.69, 9.17) is 23.2 Å². The van der Waals surface area contributed by atoms with Crippen LogP contribution in [0.1, 0.15) is 17.7 Å². The molecule has 0 nitrogen and oxygen atoms in total. The van der Waals surface area contributed by atoms with E-state index in [2.05, 4.69) is 12.1 Å². The quantitative estimate of drug-likeness (QED) is 0.659. The molecule has 0 saturated carbocycles. The fraction of sp³-hybridized carbons (Fsp3) is 0.400. The predicted octanol–water partition coefficient (Wildman–Crippen LogP) is 4.04. The van der Waals surface area contributed by atoms with E-state index >= 15 is 0 Å². The molecule has 3 heteroatoms. The summed E-state index contributed by atoms with van der Waals surface area (Å²) in [4.78, 5) is -0.298. The van der Waals surface area contributed by atoms with Gasteiger partial charge in [-0.1, -0.05) is 30.3 Å². The molecule has 0 spiro atoms. The molecule has 0 amide bonds. The molecule has 3 atom stereocenters. The van der Waals surface area contributed by atoms with Crippen molar-refractivity contribution in [2.45, 2.75) is 21.8 Å². The zero-order chi connectivity index (χ0) is 9.47. The van der Waals surface area contributed by atoms with Crippen molar-refractivity contribution in [1.82, 2.24) is 0 Å². The molecule has 1 aliphatic heterocycles. The first kappa shape index (κ1) is 9.70. The van der Waals surface area contributed by atoms with Gasteiger partial charge < -0.3 is 0 Å². The van der Waals surface area contributed by atoms with Crippen LogP contribution in [0, 0.1) is 0 Å². The highest BCUT2D eigenvalue weighted by Gasteiger charge is 2.51. The van der Waals surface area contributed by atoms with Gasteiger partial charge in [-0.2, -0.15) is 0 Å². The van der Waals surface area contributed by atoms with Crippen molar-refractivity contribution in [3.8, 4) is 0 Å². The number of halogens is 2. The van der Waals surface area contributed by atoms with E-state index in [9.17, 15) is 0 Å². The van der Waals surface area contributed by atoms with Crippen LogP contribution >= 0.6 is 35.0 Å². The van der Waals surface area contributed by atoms with Crippen molar-refractivity contribution in [1.29, 1.82) is 0 Å². The highest BCUT2D eigenvalue weighted by atomic mass is 35.5. The third-order valence-corrected chi connectivity index (χ3v) is 5.65. The molecule has 1 saturated heterocycles. The lowest BCUT2D eigenvalue weighted by molar-refractivity contribution is 0.613. The maximum atomic E-state index is 6.30. The minimum absolute atomic E-state index is 0.0272. The van der Waals surface area contributed by atoms with Gasteiger partial charge in [0.1, 0.15) is 0 Å². The van der Waals surface area contributed by atoms with Gasteiger partial charge in [-0.15, -0.1) is 35.0 Å². The van der Waals surface area contributed by atoms with Gasteiger partial charge in [-0.05, 0) is 12.5 Å². The van der Waals surface area contributed by atoms with Crippen molar-refractivity contribution in [2.24, 2.45) is 0 Å². The second-order valence-electron chi connectivity index (χ2n) is 3.39. The Balaban J connectivity index is 2.22. The molecule has 1 aromatic rings. The summed E-state index contributed by atoms with van der Waals surface area (Å²) in [6.45, 7) is 2.00. The van der Waals surface area contributed by atoms with Crippen LogP contribution in [0.2, 0.25) is 0 Å². The van der Waals surface area contributed by atoms with Crippen molar-refractivity contribution in [3.05, 3.63) is 35.9 Å². The average molecular weight is 233 g/mol. The van der Waals surface area contributed by atoms with Gasteiger partial charge >= 0.3 is 0 Å². The third-order valence-electron chi connectivity index (χ3n) is 2.31. The summed E-state index contributed by atoms with van der Waals surface area (Å²) < 4.78 is 0.0272. The molecule has 1 heterocycles. The van der Waals surface area contributed by atoms with Crippen LogP contribution in [0.4, 0.5) is 0 Å². The summed E-state index contributed by atoms with van der Waals surface area (Å²) in [7, 11) is 0. The Morgan fingerprint density at radius 2 is 1.92 bits per heavy atom. The fourth-order valence-corrected chi connectivity index (χ4v) is 3.54. The summed E-state index contributed by atoms with van der Waals surface area (Å²) in [6.07, 6.45) is 0. The van der Waals surface area contributed by atoms with Crippen molar-refractivity contribution in [2.75, 3.05) is 0 Å². The lowest BCUT2D eigenvalue weighted by atomic mass is 10.00. The maximum Gasteiger partial charge on any atom is 0.0998 e. The molecule has 1 aromatic carbocycles. The van der Waals surface area contributed by atoms with E-state index in [1.807, 2.05) is 25.1 Å². The molecule has 3 unspecified atom stereocenters. The molecular weight excluding hydrogens is 223 g/mol. The van der Waals surface area contributed by atoms with E-state index in [1.165, 1.54) is 5.56 Å². The van der Waals surface area contributed by atoms with Crippen LogP contribution in [0.25, 0.3) is 0 Å². The number of thioether (sulfide) groups is 1. The molecular formula is C10H10Cl2S. The first-order valence-electron chi connectivity index (χ1n) is 4.16. The monoisotopic (exact) mass is 232 g/mol. The number of benzene rings is 1.